The van der Waals surface area contributed by atoms with E-state index in [1.54, 1.807) is 0 Å². The van der Waals surface area contributed by atoms with Crippen LogP contribution in [0.25, 0.3) is 0 Å². The van der Waals surface area contributed by atoms with Gasteiger partial charge in [-0.3, -0.25) is 0 Å². The van der Waals surface area contributed by atoms with E-state index in [0.29, 0.717) is 12.0 Å². The first kappa shape index (κ1) is 9.66. The summed E-state index contributed by atoms with van der Waals surface area (Å²) in [6, 6.07) is 7.20. The minimum absolute atomic E-state index is 0.156. The molecule has 2 heteroatoms. The van der Waals surface area contributed by atoms with Crippen LogP contribution in [0.2, 0.25) is 0 Å². The first-order chi connectivity index (χ1) is 6.74. The lowest BCUT2D eigenvalue weighted by atomic mass is 9.98. The molecule has 1 aliphatic rings. The van der Waals surface area contributed by atoms with Crippen LogP contribution in [0, 0.1) is 11.7 Å². The summed E-state index contributed by atoms with van der Waals surface area (Å²) in [7, 11) is 0. The van der Waals surface area contributed by atoms with Crippen molar-refractivity contribution in [3.63, 3.8) is 0 Å². The molecule has 1 fully saturated rings. The standard InChI is InChI=1S/C12H16FN/c13-11-4-1-9(2-5-11)7-10-3-6-12(14)8-10/h1-2,4-5,10,12H,3,6-8,14H2. The van der Waals surface area contributed by atoms with E-state index in [1.807, 2.05) is 12.1 Å². The molecule has 2 unspecified atom stereocenters. The van der Waals surface area contributed by atoms with Gasteiger partial charge in [0, 0.05) is 6.04 Å². The highest BCUT2D eigenvalue weighted by Crippen LogP contribution is 2.27. The highest BCUT2D eigenvalue weighted by Gasteiger charge is 2.21. The monoisotopic (exact) mass is 193 g/mol. The molecule has 2 rings (SSSR count). The van der Waals surface area contributed by atoms with Crippen molar-refractivity contribution in [3.05, 3.63) is 35.6 Å². The van der Waals surface area contributed by atoms with Crippen molar-refractivity contribution in [3.8, 4) is 0 Å². The van der Waals surface area contributed by atoms with Crippen LogP contribution in [0.1, 0.15) is 24.8 Å². The third kappa shape index (κ3) is 2.32. The van der Waals surface area contributed by atoms with E-state index < -0.39 is 0 Å². The number of halogens is 1. The number of rotatable bonds is 2. The number of nitrogens with two attached hydrogens (primary N) is 1. The Balaban J connectivity index is 1.94. The Morgan fingerprint density at radius 3 is 2.50 bits per heavy atom. The lowest BCUT2D eigenvalue weighted by Gasteiger charge is -2.08. The fourth-order valence-electron chi connectivity index (χ4n) is 2.25. The van der Waals surface area contributed by atoms with Gasteiger partial charge in [-0.2, -0.15) is 0 Å². The number of hydrogen-bond donors (Lipinski definition) is 1. The van der Waals surface area contributed by atoms with Crippen LogP contribution >= 0.6 is 0 Å². The van der Waals surface area contributed by atoms with Gasteiger partial charge in [-0.1, -0.05) is 12.1 Å². The summed E-state index contributed by atoms with van der Waals surface area (Å²) in [5.41, 5.74) is 7.07. The molecule has 76 valence electrons. The molecule has 1 aromatic carbocycles. The van der Waals surface area contributed by atoms with E-state index in [0.717, 1.165) is 19.3 Å². The predicted molar refractivity (Wildman–Crippen MR) is 55.4 cm³/mol. The maximum absolute atomic E-state index is 12.6. The lowest BCUT2D eigenvalue weighted by molar-refractivity contribution is 0.534. The molecule has 0 spiro atoms. The Morgan fingerprint density at radius 2 is 1.93 bits per heavy atom. The summed E-state index contributed by atoms with van der Waals surface area (Å²) in [6.07, 6.45) is 4.54. The van der Waals surface area contributed by atoms with E-state index >= 15 is 0 Å². The molecule has 0 aliphatic heterocycles. The van der Waals surface area contributed by atoms with Crippen molar-refractivity contribution < 1.29 is 4.39 Å². The predicted octanol–water partition coefficient (Wildman–Crippen LogP) is 2.50. The van der Waals surface area contributed by atoms with Crippen molar-refractivity contribution in [2.24, 2.45) is 11.7 Å². The highest BCUT2D eigenvalue weighted by molar-refractivity contribution is 5.16. The molecule has 0 aromatic heterocycles. The van der Waals surface area contributed by atoms with Crippen LogP contribution in [0.5, 0.6) is 0 Å². The zero-order chi connectivity index (χ0) is 9.97. The zero-order valence-electron chi connectivity index (χ0n) is 8.25. The second kappa shape index (κ2) is 4.09. The van der Waals surface area contributed by atoms with Crippen molar-refractivity contribution in [1.29, 1.82) is 0 Å². The normalized spacial score (nSPS) is 26.7. The Hall–Kier alpha value is -0.890. The summed E-state index contributed by atoms with van der Waals surface area (Å²) >= 11 is 0. The van der Waals surface area contributed by atoms with Crippen LogP contribution < -0.4 is 5.73 Å². The Morgan fingerprint density at radius 1 is 1.21 bits per heavy atom. The lowest BCUT2D eigenvalue weighted by Crippen LogP contribution is -2.15. The number of benzene rings is 1. The first-order valence-electron chi connectivity index (χ1n) is 5.24. The third-order valence-electron chi connectivity index (χ3n) is 3.02. The van der Waals surface area contributed by atoms with Crippen LogP contribution in [0.4, 0.5) is 4.39 Å². The molecule has 1 nitrogen and oxygen atoms in total. The minimum atomic E-state index is -0.156. The maximum atomic E-state index is 12.6. The molecular formula is C12H16FN. The molecule has 1 saturated carbocycles. The maximum Gasteiger partial charge on any atom is 0.123 e. The van der Waals surface area contributed by atoms with Gasteiger partial charge in [0.2, 0.25) is 0 Å². The molecular weight excluding hydrogens is 177 g/mol. The Bertz CT molecular complexity index is 294. The molecule has 2 atom stereocenters. The van der Waals surface area contributed by atoms with Crippen LogP contribution in [-0.4, -0.2) is 6.04 Å². The van der Waals surface area contributed by atoms with Crippen LogP contribution in [0.3, 0.4) is 0 Å². The minimum Gasteiger partial charge on any atom is -0.328 e. The van der Waals surface area contributed by atoms with E-state index in [-0.39, 0.29) is 5.82 Å². The summed E-state index contributed by atoms with van der Waals surface area (Å²) < 4.78 is 12.6. The van der Waals surface area contributed by atoms with Gasteiger partial charge in [0.25, 0.3) is 0 Å². The van der Waals surface area contributed by atoms with Crippen molar-refractivity contribution in [1.82, 2.24) is 0 Å². The second-order valence-corrected chi connectivity index (χ2v) is 4.27. The SMILES string of the molecule is NC1CCC(Cc2ccc(F)cc2)C1. The molecule has 0 radical (unpaired) electrons. The van der Waals surface area contributed by atoms with E-state index in [9.17, 15) is 4.39 Å². The molecule has 0 heterocycles. The van der Waals surface area contributed by atoms with Gasteiger partial charge >= 0.3 is 0 Å². The van der Waals surface area contributed by atoms with Crippen LogP contribution in [0.15, 0.2) is 24.3 Å². The zero-order valence-corrected chi connectivity index (χ0v) is 8.25. The van der Waals surface area contributed by atoms with Gasteiger partial charge in [-0.05, 0) is 49.3 Å². The molecule has 0 amide bonds. The third-order valence-corrected chi connectivity index (χ3v) is 3.02. The fourth-order valence-corrected chi connectivity index (χ4v) is 2.25. The second-order valence-electron chi connectivity index (χ2n) is 4.27. The van der Waals surface area contributed by atoms with Gasteiger partial charge in [0.1, 0.15) is 5.82 Å². The molecule has 14 heavy (non-hydrogen) atoms. The van der Waals surface area contributed by atoms with Gasteiger partial charge in [-0.15, -0.1) is 0 Å². The van der Waals surface area contributed by atoms with Gasteiger partial charge in [-0.25, -0.2) is 4.39 Å². The fraction of sp³-hybridized carbons (Fsp3) is 0.500. The molecule has 0 saturated heterocycles. The van der Waals surface area contributed by atoms with Gasteiger partial charge in [0.05, 0.1) is 0 Å². The molecule has 1 aromatic rings. The quantitative estimate of drug-likeness (QED) is 0.767. The van der Waals surface area contributed by atoms with E-state index in [4.69, 9.17) is 5.73 Å². The first-order valence-corrected chi connectivity index (χ1v) is 5.24. The van der Waals surface area contributed by atoms with Crippen molar-refractivity contribution >= 4 is 0 Å². The molecule has 0 bridgehead atoms. The Labute approximate surface area is 84.1 Å². The topological polar surface area (TPSA) is 26.0 Å². The smallest absolute Gasteiger partial charge is 0.123 e. The summed E-state index contributed by atoms with van der Waals surface area (Å²) in [6.45, 7) is 0. The van der Waals surface area contributed by atoms with E-state index in [2.05, 4.69) is 0 Å². The van der Waals surface area contributed by atoms with E-state index in [1.165, 1.54) is 24.1 Å². The number of hydrogen-bond acceptors (Lipinski definition) is 1. The summed E-state index contributed by atoms with van der Waals surface area (Å²) in [5.74, 6) is 0.548. The average molecular weight is 193 g/mol. The largest absolute Gasteiger partial charge is 0.328 e. The summed E-state index contributed by atoms with van der Waals surface area (Å²) in [5, 5.41) is 0. The van der Waals surface area contributed by atoms with Crippen LogP contribution in [-0.2, 0) is 6.42 Å². The average Bonchev–Trinajstić information content (AvgIpc) is 2.56. The van der Waals surface area contributed by atoms with Gasteiger partial charge < -0.3 is 5.73 Å². The van der Waals surface area contributed by atoms with Gasteiger partial charge in [0.15, 0.2) is 0 Å². The summed E-state index contributed by atoms with van der Waals surface area (Å²) in [4.78, 5) is 0. The van der Waals surface area contributed by atoms with Crippen molar-refractivity contribution in [2.45, 2.75) is 31.7 Å². The highest BCUT2D eigenvalue weighted by atomic mass is 19.1. The molecule has 2 N–H and O–H groups in total. The molecule has 1 aliphatic carbocycles. The van der Waals surface area contributed by atoms with Crippen molar-refractivity contribution in [2.75, 3.05) is 0 Å². The Kier molecular flexibility index (Phi) is 2.82.